The van der Waals surface area contributed by atoms with Crippen molar-refractivity contribution < 1.29 is 14.5 Å². The molecule has 0 unspecified atom stereocenters. The van der Waals surface area contributed by atoms with Crippen LogP contribution in [0.3, 0.4) is 0 Å². The van der Waals surface area contributed by atoms with Crippen LogP contribution in [0.2, 0.25) is 0 Å². The summed E-state index contributed by atoms with van der Waals surface area (Å²) in [4.78, 5) is 33.6. The number of carbonyl (C=O) groups excluding carboxylic acids is 2. The van der Waals surface area contributed by atoms with Gasteiger partial charge in [0.05, 0.1) is 4.92 Å². The van der Waals surface area contributed by atoms with Gasteiger partial charge in [0.25, 0.3) is 11.6 Å². The fourth-order valence-corrected chi connectivity index (χ4v) is 1.67. The van der Waals surface area contributed by atoms with E-state index >= 15 is 0 Å². The highest BCUT2D eigenvalue weighted by Crippen LogP contribution is 2.22. The molecule has 3 amide bonds. The second-order valence-electron chi connectivity index (χ2n) is 4.17. The number of nitrogens with one attached hydrogen (secondary N) is 3. The lowest BCUT2D eigenvalue weighted by Crippen LogP contribution is -2.43. The highest BCUT2D eigenvalue weighted by molar-refractivity contribution is 5.97. The largest absolute Gasteiger partial charge is 0.338 e. The van der Waals surface area contributed by atoms with E-state index in [0.717, 1.165) is 0 Å². The summed E-state index contributed by atoms with van der Waals surface area (Å²) < 4.78 is 0. The summed E-state index contributed by atoms with van der Waals surface area (Å²) in [5.41, 5.74) is 4.47. The zero-order valence-corrected chi connectivity index (χ0v) is 11.3. The van der Waals surface area contributed by atoms with Gasteiger partial charge in [0.1, 0.15) is 5.69 Å². The Morgan fingerprint density at radius 2 is 1.55 bits per heavy atom. The molecule has 0 heterocycles. The van der Waals surface area contributed by atoms with Crippen molar-refractivity contribution in [2.45, 2.75) is 0 Å². The minimum atomic E-state index is -0.793. The van der Waals surface area contributed by atoms with E-state index in [2.05, 4.69) is 16.2 Å². The van der Waals surface area contributed by atoms with Crippen LogP contribution in [0.5, 0.6) is 0 Å². The molecule has 0 aliphatic rings. The SMILES string of the molecule is O=C(NNC(=O)c1ccccc1)Nc1ccccc1[N+](=O)[O-]. The number of para-hydroxylation sites is 2. The van der Waals surface area contributed by atoms with Gasteiger partial charge < -0.3 is 5.32 Å². The van der Waals surface area contributed by atoms with Crippen molar-refractivity contribution in [3.8, 4) is 0 Å². The van der Waals surface area contributed by atoms with Gasteiger partial charge in [-0.3, -0.25) is 20.3 Å². The Bertz CT molecular complexity index is 703. The molecule has 0 aliphatic heterocycles. The minimum Gasteiger partial charge on any atom is -0.301 e. The van der Waals surface area contributed by atoms with Crippen LogP contribution in [-0.2, 0) is 0 Å². The number of amides is 3. The van der Waals surface area contributed by atoms with E-state index < -0.39 is 16.9 Å². The Hall–Kier alpha value is -3.42. The van der Waals surface area contributed by atoms with Gasteiger partial charge in [-0.15, -0.1) is 0 Å². The van der Waals surface area contributed by atoms with Crippen LogP contribution in [0.1, 0.15) is 10.4 Å². The predicted molar refractivity (Wildman–Crippen MR) is 79.2 cm³/mol. The number of hydrazine groups is 1. The molecule has 0 saturated carbocycles. The van der Waals surface area contributed by atoms with E-state index in [9.17, 15) is 19.7 Å². The van der Waals surface area contributed by atoms with Crippen molar-refractivity contribution in [3.63, 3.8) is 0 Å². The summed E-state index contributed by atoms with van der Waals surface area (Å²) in [6, 6.07) is 13.2. The molecule has 112 valence electrons. The molecular weight excluding hydrogens is 288 g/mol. The lowest BCUT2D eigenvalue weighted by Gasteiger charge is -2.09. The number of nitro benzene ring substituents is 1. The molecule has 0 aromatic heterocycles. The van der Waals surface area contributed by atoms with E-state index in [1.54, 1.807) is 36.4 Å². The lowest BCUT2D eigenvalue weighted by molar-refractivity contribution is -0.383. The highest BCUT2D eigenvalue weighted by Gasteiger charge is 2.15. The zero-order valence-electron chi connectivity index (χ0n) is 11.3. The summed E-state index contributed by atoms with van der Waals surface area (Å²) >= 11 is 0. The van der Waals surface area contributed by atoms with Crippen molar-refractivity contribution in [2.75, 3.05) is 5.32 Å². The van der Waals surface area contributed by atoms with Crippen LogP contribution < -0.4 is 16.2 Å². The van der Waals surface area contributed by atoms with E-state index in [1.165, 1.54) is 18.2 Å². The number of carbonyl (C=O) groups is 2. The first-order chi connectivity index (χ1) is 10.6. The molecule has 2 aromatic carbocycles. The maximum Gasteiger partial charge on any atom is 0.338 e. The molecule has 3 N–H and O–H groups in total. The lowest BCUT2D eigenvalue weighted by atomic mass is 10.2. The van der Waals surface area contributed by atoms with Crippen LogP contribution in [0.15, 0.2) is 54.6 Å². The second kappa shape index (κ2) is 6.84. The number of hydrogen-bond acceptors (Lipinski definition) is 4. The standard InChI is InChI=1S/C14H12N4O4/c19-13(10-6-2-1-3-7-10)16-17-14(20)15-11-8-4-5-9-12(11)18(21)22/h1-9H,(H,16,19)(H2,15,17,20). The third-order valence-electron chi connectivity index (χ3n) is 2.67. The van der Waals surface area contributed by atoms with Crippen molar-refractivity contribution in [1.82, 2.24) is 10.9 Å². The Morgan fingerprint density at radius 3 is 2.23 bits per heavy atom. The van der Waals surface area contributed by atoms with Gasteiger partial charge in [-0.2, -0.15) is 0 Å². The summed E-state index contributed by atoms with van der Waals surface area (Å²) in [5.74, 6) is -0.502. The Kier molecular flexibility index (Phi) is 4.66. The molecule has 8 heteroatoms. The molecule has 0 aliphatic carbocycles. The van der Waals surface area contributed by atoms with Gasteiger partial charge in [-0.1, -0.05) is 30.3 Å². The number of hydrogen-bond donors (Lipinski definition) is 3. The highest BCUT2D eigenvalue weighted by atomic mass is 16.6. The van der Waals surface area contributed by atoms with Crippen molar-refractivity contribution >= 4 is 23.3 Å². The molecule has 0 fully saturated rings. The first kappa shape index (κ1) is 15.0. The van der Waals surface area contributed by atoms with Crippen LogP contribution in [-0.4, -0.2) is 16.9 Å². The molecule has 0 spiro atoms. The van der Waals surface area contributed by atoms with Gasteiger partial charge >= 0.3 is 6.03 Å². The maximum atomic E-state index is 11.7. The topological polar surface area (TPSA) is 113 Å². The number of anilines is 1. The fraction of sp³-hybridized carbons (Fsp3) is 0. The van der Waals surface area contributed by atoms with Gasteiger partial charge in [-0.05, 0) is 18.2 Å². The smallest absolute Gasteiger partial charge is 0.301 e. The molecule has 0 bridgehead atoms. The number of nitro groups is 1. The van der Waals surface area contributed by atoms with Crippen LogP contribution in [0, 0.1) is 10.1 Å². The molecule has 8 nitrogen and oxygen atoms in total. The normalized spacial score (nSPS) is 9.64. The molecule has 2 rings (SSSR count). The van der Waals surface area contributed by atoms with Crippen LogP contribution in [0.25, 0.3) is 0 Å². The van der Waals surface area contributed by atoms with E-state index in [1.807, 2.05) is 0 Å². The fourth-order valence-electron chi connectivity index (χ4n) is 1.67. The number of nitrogens with zero attached hydrogens (tertiary/aromatic N) is 1. The summed E-state index contributed by atoms with van der Waals surface area (Å²) in [5, 5.41) is 13.1. The molecule has 0 saturated heterocycles. The predicted octanol–water partition coefficient (Wildman–Crippen LogP) is 2.06. The maximum absolute atomic E-state index is 11.7. The average molecular weight is 300 g/mol. The van der Waals surface area contributed by atoms with Gasteiger partial charge in [0.2, 0.25) is 0 Å². The number of benzene rings is 2. The zero-order chi connectivity index (χ0) is 15.9. The van der Waals surface area contributed by atoms with E-state index in [-0.39, 0.29) is 11.4 Å². The van der Waals surface area contributed by atoms with Gasteiger partial charge in [0.15, 0.2) is 0 Å². The van der Waals surface area contributed by atoms with E-state index in [0.29, 0.717) is 5.56 Å². The molecular formula is C14H12N4O4. The Morgan fingerprint density at radius 1 is 0.909 bits per heavy atom. The monoisotopic (exact) mass is 300 g/mol. The third kappa shape index (κ3) is 3.79. The first-order valence-electron chi connectivity index (χ1n) is 6.24. The van der Waals surface area contributed by atoms with Crippen molar-refractivity contribution in [1.29, 1.82) is 0 Å². The molecule has 2 aromatic rings. The Labute approximate surface area is 125 Å². The molecule has 0 radical (unpaired) electrons. The summed E-state index contributed by atoms with van der Waals surface area (Å²) in [6.45, 7) is 0. The number of urea groups is 1. The van der Waals surface area contributed by atoms with Gasteiger partial charge in [0, 0.05) is 11.6 Å². The summed E-state index contributed by atoms with van der Waals surface area (Å²) in [6.07, 6.45) is 0. The van der Waals surface area contributed by atoms with Crippen LogP contribution in [0.4, 0.5) is 16.2 Å². The second-order valence-corrected chi connectivity index (χ2v) is 4.17. The number of rotatable bonds is 3. The van der Waals surface area contributed by atoms with Crippen molar-refractivity contribution in [3.05, 3.63) is 70.3 Å². The molecule has 22 heavy (non-hydrogen) atoms. The summed E-state index contributed by atoms with van der Waals surface area (Å²) in [7, 11) is 0. The molecule has 0 atom stereocenters. The quantitative estimate of drug-likeness (QED) is 0.594. The van der Waals surface area contributed by atoms with Gasteiger partial charge in [-0.25, -0.2) is 10.2 Å². The minimum absolute atomic E-state index is 0.0268. The van der Waals surface area contributed by atoms with E-state index in [4.69, 9.17) is 0 Å². The third-order valence-corrected chi connectivity index (χ3v) is 2.67. The Balaban J connectivity index is 1.94. The average Bonchev–Trinajstić information content (AvgIpc) is 2.53. The van der Waals surface area contributed by atoms with Crippen molar-refractivity contribution in [2.24, 2.45) is 0 Å². The first-order valence-corrected chi connectivity index (χ1v) is 6.24. The van der Waals surface area contributed by atoms with Crippen LogP contribution >= 0.6 is 0 Å².